The molecule has 0 bridgehead atoms. The maximum atomic E-state index is 13.2. The number of hydrogen-bond acceptors (Lipinski definition) is 2. The van der Waals surface area contributed by atoms with Crippen LogP contribution in [0.1, 0.15) is 19.4 Å². The SMILES string of the molecule is CC(C)C(O)CNCc1cccc(F)c1F. The van der Waals surface area contributed by atoms with Gasteiger partial charge in [0.15, 0.2) is 11.6 Å². The fourth-order valence-electron chi connectivity index (χ4n) is 1.28. The first-order valence-corrected chi connectivity index (χ1v) is 5.34. The van der Waals surface area contributed by atoms with Crippen molar-refractivity contribution in [1.82, 2.24) is 5.32 Å². The molecule has 0 aromatic heterocycles. The molecule has 2 N–H and O–H groups in total. The minimum Gasteiger partial charge on any atom is -0.392 e. The van der Waals surface area contributed by atoms with Crippen LogP contribution in [-0.4, -0.2) is 17.8 Å². The van der Waals surface area contributed by atoms with Crippen molar-refractivity contribution in [1.29, 1.82) is 0 Å². The Morgan fingerprint density at radius 3 is 2.62 bits per heavy atom. The van der Waals surface area contributed by atoms with E-state index in [9.17, 15) is 13.9 Å². The van der Waals surface area contributed by atoms with Crippen molar-refractivity contribution in [2.24, 2.45) is 5.92 Å². The Morgan fingerprint density at radius 1 is 1.31 bits per heavy atom. The van der Waals surface area contributed by atoms with Crippen LogP contribution >= 0.6 is 0 Å². The zero-order valence-electron chi connectivity index (χ0n) is 9.50. The van der Waals surface area contributed by atoms with Gasteiger partial charge in [0.05, 0.1) is 6.10 Å². The third kappa shape index (κ3) is 3.54. The molecule has 90 valence electrons. The van der Waals surface area contributed by atoms with Gasteiger partial charge in [-0.15, -0.1) is 0 Å². The average Bonchev–Trinajstić information content (AvgIpc) is 2.24. The molecule has 0 amide bonds. The Balaban J connectivity index is 2.46. The Labute approximate surface area is 94.3 Å². The van der Waals surface area contributed by atoms with Crippen LogP contribution in [0.4, 0.5) is 8.78 Å². The number of rotatable bonds is 5. The molecule has 1 aromatic rings. The molecule has 16 heavy (non-hydrogen) atoms. The molecule has 0 heterocycles. The fourth-order valence-corrected chi connectivity index (χ4v) is 1.28. The van der Waals surface area contributed by atoms with Gasteiger partial charge >= 0.3 is 0 Å². The summed E-state index contributed by atoms with van der Waals surface area (Å²) in [7, 11) is 0. The lowest BCUT2D eigenvalue weighted by Gasteiger charge is -2.15. The van der Waals surface area contributed by atoms with Gasteiger partial charge in [-0.05, 0) is 12.0 Å². The Kier molecular flexibility index (Phi) is 4.83. The molecule has 1 rings (SSSR count). The number of benzene rings is 1. The monoisotopic (exact) mass is 229 g/mol. The Bertz CT molecular complexity index is 342. The lowest BCUT2D eigenvalue weighted by molar-refractivity contribution is 0.123. The molecule has 0 spiro atoms. The van der Waals surface area contributed by atoms with E-state index in [1.165, 1.54) is 12.1 Å². The van der Waals surface area contributed by atoms with Gasteiger partial charge in [-0.25, -0.2) is 8.78 Å². The second-order valence-electron chi connectivity index (χ2n) is 4.16. The predicted molar refractivity (Wildman–Crippen MR) is 58.9 cm³/mol. The van der Waals surface area contributed by atoms with Crippen LogP contribution in [0.25, 0.3) is 0 Å². The molecule has 0 aliphatic carbocycles. The summed E-state index contributed by atoms with van der Waals surface area (Å²) in [6.07, 6.45) is -0.475. The molecule has 1 atom stereocenters. The summed E-state index contributed by atoms with van der Waals surface area (Å²) < 4.78 is 26.0. The molecular weight excluding hydrogens is 212 g/mol. The standard InChI is InChI=1S/C12H17F2NO/c1-8(2)11(16)7-15-6-9-4-3-5-10(13)12(9)14/h3-5,8,11,15-16H,6-7H2,1-2H3. The van der Waals surface area contributed by atoms with Gasteiger partial charge < -0.3 is 10.4 Å². The van der Waals surface area contributed by atoms with E-state index in [-0.39, 0.29) is 18.0 Å². The smallest absolute Gasteiger partial charge is 0.163 e. The molecule has 0 aliphatic heterocycles. The van der Waals surface area contributed by atoms with Gasteiger partial charge in [0.1, 0.15) is 0 Å². The number of aliphatic hydroxyl groups excluding tert-OH is 1. The first kappa shape index (κ1) is 13.1. The van der Waals surface area contributed by atoms with Crippen molar-refractivity contribution >= 4 is 0 Å². The molecule has 1 aromatic carbocycles. The van der Waals surface area contributed by atoms with Crippen LogP contribution in [0, 0.1) is 17.6 Å². The summed E-state index contributed by atoms with van der Waals surface area (Å²) in [5.41, 5.74) is 0.274. The van der Waals surface area contributed by atoms with Gasteiger partial charge in [-0.1, -0.05) is 26.0 Å². The maximum Gasteiger partial charge on any atom is 0.163 e. The van der Waals surface area contributed by atoms with Crippen molar-refractivity contribution < 1.29 is 13.9 Å². The molecule has 0 saturated carbocycles. The molecule has 2 nitrogen and oxygen atoms in total. The van der Waals surface area contributed by atoms with Crippen molar-refractivity contribution in [2.45, 2.75) is 26.5 Å². The lowest BCUT2D eigenvalue weighted by atomic mass is 10.1. The normalized spacial score (nSPS) is 13.1. The summed E-state index contributed by atoms with van der Waals surface area (Å²) in [5.74, 6) is -1.53. The summed E-state index contributed by atoms with van der Waals surface area (Å²) >= 11 is 0. The predicted octanol–water partition coefficient (Wildman–Crippen LogP) is 2.07. The van der Waals surface area contributed by atoms with Crippen molar-refractivity contribution in [3.8, 4) is 0 Å². The summed E-state index contributed by atoms with van der Waals surface area (Å²) in [6.45, 7) is 4.38. The van der Waals surface area contributed by atoms with Crippen LogP contribution in [0.15, 0.2) is 18.2 Å². The summed E-state index contributed by atoms with van der Waals surface area (Å²) in [5, 5.41) is 12.4. The molecule has 0 fully saturated rings. The van der Waals surface area contributed by atoms with E-state index in [1.807, 2.05) is 13.8 Å². The van der Waals surface area contributed by atoms with Gasteiger partial charge in [0.25, 0.3) is 0 Å². The number of nitrogens with one attached hydrogen (secondary N) is 1. The highest BCUT2D eigenvalue weighted by atomic mass is 19.2. The van der Waals surface area contributed by atoms with Crippen molar-refractivity contribution in [3.63, 3.8) is 0 Å². The van der Waals surface area contributed by atoms with E-state index >= 15 is 0 Å². The number of halogens is 2. The lowest BCUT2D eigenvalue weighted by Crippen LogP contribution is -2.30. The molecule has 0 aliphatic rings. The van der Waals surface area contributed by atoms with Crippen LogP contribution in [0.3, 0.4) is 0 Å². The van der Waals surface area contributed by atoms with Gasteiger partial charge in [-0.3, -0.25) is 0 Å². The van der Waals surface area contributed by atoms with E-state index < -0.39 is 17.7 Å². The Hall–Kier alpha value is -1.00. The molecular formula is C12H17F2NO. The van der Waals surface area contributed by atoms with Gasteiger partial charge in [-0.2, -0.15) is 0 Å². The quantitative estimate of drug-likeness (QED) is 0.810. The second-order valence-corrected chi connectivity index (χ2v) is 4.16. The van der Waals surface area contributed by atoms with E-state index in [2.05, 4.69) is 5.32 Å². The van der Waals surface area contributed by atoms with E-state index in [0.717, 1.165) is 6.07 Å². The largest absolute Gasteiger partial charge is 0.392 e. The third-order valence-electron chi connectivity index (χ3n) is 2.47. The highest BCUT2D eigenvalue weighted by Crippen LogP contribution is 2.11. The van der Waals surface area contributed by atoms with Gasteiger partial charge in [0.2, 0.25) is 0 Å². The van der Waals surface area contributed by atoms with Gasteiger partial charge in [0, 0.05) is 18.7 Å². The van der Waals surface area contributed by atoms with Crippen LogP contribution in [-0.2, 0) is 6.54 Å². The minimum absolute atomic E-state index is 0.143. The van der Waals surface area contributed by atoms with E-state index in [4.69, 9.17) is 0 Å². The molecule has 0 radical (unpaired) electrons. The van der Waals surface area contributed by atoms with E-state index in [1.54, 1.807) is 0 Å². The average molecular weight is 229 g/mol. The zero-order chi connectivity index (χ0) is 12.1. The van der Waals surface area contributed by atoms with Crippen molar-refractivity contribution in [2.75, 3.05) is 6.54 Å². The Morgan fingerprint density at radius 2 is 2.00 bits per heavy atom. The minimum atomic E-state index is -0.844. The molecule has 0 saturated heterocycles. The topological polar surface area (TPSA) is 32.3 Å². The van der Waals surface area contributed by atoms with Crippen LogP contribution in [0.5, 0.6) is 0 Å². The van der Waals surface area contributed by atoms with Crippen LogP contribution in [0.2, 0.25) is 0 Å². The second kappa shape index (κ2) is 5.92. The highest BCUT2D eigenvalue weighted by Gasteiger charge is 2.10. The highest BCUT2D eigenvalue weighted by molar-refractivity contribution is 5.18. The number of hydrogen-bond donors (Lipinski definition) is 2. The van der Waals surface area contributed by atoms with Crippen molar-refractivity contribution in [3.05, 3.63) is 35.4 Å². The molecule has 1 unspecified atom stereocenters. The first-order chi connectivity index (χ1) is 7.52. The van der Waals surface area contributed by atoms with E-state index in [0.29, 0.717) is 6.54 Å². The fraction of sp³-hybridized carbons (Fsp3) is 0.500. The molecule has 4 heteroatoms. The first-order valence-electron chi connectivity index (χ1n) is 5.34. The summed E-state index contributed by atoms with van der Waals surface area (Å²) in [4.78, 5) is 0. The third-order valence-corrected chi connectivity index (χ3v) is 2.47. The van der Waals surface area contributed by atoms with Crippen LogP contribution < -0.4 is 5.32 Å². The zero-order valence-corrected chi connectivity index (χ0v) is 9.50. The number of aliphatic hydroxyl groups is 1. The maximum absolute atomic E-state index is 13.2. The summed E-state index contributed by atoms with van der Waals surface area (Å²) in [6, 6.07) is 4.07.